The highest BCUT2D eigenvalue weighted by molar-refractivity contribution is 6.31. The first kappa shape index (κ1) is 31.9. The van der Waals surface area contributed by atoms with E-state index in [1.807, 2.05) is 25.7 Å². The molecule has 0 radical (unpaired) electrons. The van der Waals surface area contributed by atoms with Gasteiger partial charge in [-0.15, -0.1) is 0 Å². The van der Waals surface area contributed by atoms with Crippen molar-refractivity contribution in [3.05, 3.63) is 35.5 Å². The van der Waals surface area contributed by atoms with E-state index in [4.69, 9.17) is 21.1 Å². The molecular formula is C30H43ClFN7O3. The molecule has 1 fully saturated rings. The topological polar surface area (TPSA) is 117 Å². The number of hydrogen-bond donors (Lipinski definition) is 3. The Morgan fingerprint density at radius 2 is 1.95 bits per heavy atom. The number of carbonyl (C=O) groups is 1. The van der Waals surface area contributed by atoms with Crippen molar-refractivity contribution in [2.45, 2.75) is 83.8 Å². The number of nitrogens with zero attached hydrogens (tertiary/aromatic N) is 4. The van der Waals surface area contributed by atoms with Crippen molar-refractivity contribution in [2.75, 3.05) is 38.3 Å². The van der Waals surface area contributed by atoms with Gasteiger partial charge in [-0.3, -0.25) is 0 Å². The lowest BCUT2D eigenvalue weighted by molar-refractivity contribution is 0.0511. The highest BCUT2D eigenvalue weighted by atomic mass is 35.5. The van der Waals surface area contributed by atoms with Crippen LogP contribution in [0.4, 0.5) is 15.0 Å². The SMILES string of the molecule is CCOCCOCCCCCN(C(=O)N[C@@H]1CCC[C@H](Nc2nc(-c3c[nH]c4ncc(Cl)cc34)ncc2F)C1)C(C)C. The van der Waals surface area contributed by atoms with E-state index >= 15 is 0 Å². The van der Waals surface area contributed by atoms with Crippen LogP contribution in [0.3, 0.4) is 0 Å². The molecule has 3 heterocycles. The van der Waals surface area contributed by atoms with Crippen molar-refractivity contribution in [3.63, 3.8) is 0 Å². The van der Waals surface area contributed by atoms with E-state index in [9.17, 15) is 9.18 Å². The summed E-state index contributed by atoms with van der Waals surface area (Å²) in [6, 6.07) is 1.79. The van der Waals surface area contributed by atoms with Gasteiger partial charge in [0.2, 0.25) is 0 Å². The number of unbranched alkanes of at least 4 members (excludes halogenated alkanes) is 2. The lowest BCUT2D eigenvalue weighted by Gasteiger charge is -2.34. The van der Waals surface area contributed by atoms with E-state index in [1.54, 1.807) is 18.5 Å². The second kappa shape index (κ2) is 16.0. The Morgan fingerprint density at radius 3 is 2.76 bits per heavy atom. The van der Waals surface area contributed by atoms with Gasteiger partial charge in [-0.05, 0) is 71.8 Å². The third kappa shape index (κ3) is 8.99. The van der Waals surface area contributed by atoms with Crippen molar-refractivity contribution in [1.29, 1.82) is 0 Å². The molecule has 1 aliphatic rings. The Hall–Kier alpha value is -3.02. The summed E-state index contributed by atoms with van der Waals surface area (Å²) in [5, 5.41) is 7.76. The first-order valence-corrected chi connectivity index (χ1v) is 15.4. The summed E-state index contributed by atoms with van der Waals surface area (Å²) in [5.74, 6) is -0.00176. The highest BCUT2D eigenvalue weighted by Gasteiger charge is 2.27. The van der Waals surface area contributed by atoms with Crippen LogP contribution in [0.2, 0.25) is 5.02 Å². The smallest absolute Gasteiger partial charge is 0.317 e. The Bertz CT molecular complexity index is 1290. The number of pyridine rings is 1. The van der Waals surface area contributed by atoms with Crippen molar-refractivity contribution in [2.24, 2.45) is 0 Å². The van der Waals surface area contributed by atoms with E-state index in [1.165, 1.54) is 6.20 Å². The van der Waals surface area contributed by atoms with Crippen LogP contribution in [0.25, 0.3) is 22.4 Å². The fourth-order valence-corrected chi connectivity index (χ4v) is 5.44. The molecule has 230 valence electrons. The molecule has 42 heavy (non-hydrogen) atoms. The number of ether oxygens (including phenoxy) is 2. The number of nitrogens with one attached hydrogen (secondary N) is 3. The molecule has 1 aliphatic carbocycles. The zero-order valence-electron chi connectivity index (χ0n) is 24.8. The van der Waals surface area contributed by atoms with Crippen LogP contribution in [0, 0.1) is 5.82 Å². The summed E-state index contributed by atoms with van der Waals surface area (Å²) in [6.07, 6.45) is 10.7. The molecule has 0 bridgehead atoms. The van der Waals surface area contributed by atoms with Crippen LogP contribution in [0.5, 0.6) is 0 Å². The summed E-state index contributed by atoms with van der Waals surface area (Å²) >= 11 is 6.14. The molecule has 3 aromatic rings. The van der Waals surface area contributed by atoms with Gasteiger partial charge in [0.05, 0.1) is 24.4 Å². The number of H-pyrrole nitrogens is 1. The first-order valence-electron chi connectivity index (χ1n) is 15.0. The Kier molecular flexibility index (Phi) is 12.2. The highest BCUT2D eigenvalue weighted by Crippen LogP contribution is 2.29. The van der Waals surface area contributed by atoms with E-state index in [2.05, 4.69) is 30.6 Å². The second-order valence-corrected chi connectivity index (χ2v) is 11.4. The number of aromatic nitrogens is 4. The molecule has 4 rings (SSSR count). The molecule has 3 aromatic heterocycles. The largest absolute Gasteiger partial charge is 0.379 e. The van der Waals surface area contributed by atoms with Crippen molar-refractivity contribution in [3.8, 4) is 11.4 Å². The maximum absolute atomic E-state index is 14.8. The predicted octanol–water partition coefficient (Wildman–Crippen LogP) is 6.18. The molecule has 0 unspecified atom stereocenters. The molecule has 2 atom stereocenters. The third-order valence-electron chi connectivity index (χ3n) is 7.47. The minimum absolute atomic E-state index is 0.00468. The fourth-order valence-electron chi connectivity index (χ4n) is 5.29. The van der Waals surface area contributed by atoms with Gasteiger partial charge in [0.25, 0.3) is 0 Å². The first-order chi connectivity index (χ1) is 20.4. The summed E-state index contributed by atoms with van der Waals surface area (Å²) in [5.41, 5.74) is 1.35. The minimum atomic E-state index is -0.522. The Morgan fingerprint density at radius 1 is 1.14 bits per heavy atom. The number of urea groups is 1. The summed E-state index contributed by atoms with van der Waals surface area (Å²) in [4.78, 5) is 31.2. The number of rotatable bonds is 15. The molecule has 0 aromatic carbocycles. The van der Waals surface area contributed by atoms with E-state index in [0.717, 1.165) is 43.9 Å². The number of carbonyl (C=O) groups excluding carboxylic acids is 1. The number of aromatic amines is 1. The molecule has 0 spiro atoms. The van der Waals surface area contributed by atoms with Crippen LogP contribution in [0.1, 0.15) is 65.7 Å². The Labute approximate surface area is 252 Å². The average molecular weight is 604 g/mol. The van der Waals surface area contributed by atoms with Gasteiger partial charge >= 0.3 is 6.03 Å². The van der Waals surface area contributed by atoms with Gasteiger partial charge < -0.3 is 30.0 Å². The molecule has 12 heteroatoms. The van der Waals surface area contributed by atoms with Gasteiger partial charge in [0.15, 0.2) is 17.5 Å². The number of hydrogen-bond acceptors (Lipinski definition) is 7. The molecule has 1 saturated carbocycles. The van der Waals surface area contributed by atoms with Crippen LogP contribution < -0.4 is 10.6 Å². The molecular weight excluding hydrogens is 561 g/mol. The van der Waals surface area contributed by atoms with Crippen molar-refractivity contribution < 1.29 is 18.7 Å². The molecule has 3 N–H and O–H groups in total. The maximum atomic E-state index is 14.8. The monoisotopic (exact) mass is 603 g/mol. The summed E-state index contributed by atoms with van der Waals surface area (Å²) in [7, 11) is 0. The minimum Gasteiger partial charge on any atom is -0.379 e. The standard InChI is InChI=1S/C30H43ClFN7O3/c1-4-41-13-14-42-12-7-5-6-11-39(20(2)3)30(40)37-23-10-8-9-22(16-23)36-29-26(32)19-35-28(38-29)25-18-34-27-24(25)15-21(31)17-33-27/h15,17-20,22-23H,4-14,16H2,1-3H3,(H,33,34)(H,37,40)(H,35,36,38)/t22-,23+/m0/s1. The summed E-state index contributed by atoms with van der Waals surface area (Å²) in [6.45, 7) is 9.40. The average Bonchev–Trinajstić information content (AvgIpc) is 3.38. The maximum Gasteiger partial charge on any atom is 0.317 e. The van der Waals surface area contributed by atoms with E-state index < -0.39 is 5.82 Å². The normalized spacial score (nSPS) is 17.1. The lowest BCUT2D eigenvalue weighted by Crippen LogP contribution is -2.50. The quantitative estimate of drug-likeness (QED) is 0.178. The Balaban J connectivity index is 1.28. The number of amides is 2. The zero-order chi connectivity index (χ0) is 29.9. The summed E-state index contributed by atoms with van der Waals surface area (Å²) < 4.78 is 25.6. The van der Waals surface area contributed by atoms with Gasteiger partial charge in [0.1, 0.15) is 5.65 Å². The van der Waals surface area contributed by atoms with Gasteiger partial charge in [-0.2, -0.15) is 0 Å². The number of halogens is 2. The second-order valence-electron chi connectivity index (χ2n) is 11.0. The van der Waals surface area contributed by atoms with Gasteiger partial charge in [-0.25, -0.2) is 24.1 Å². The van der Waals surface area contributed by atoms with Crippen LogP contribution >= 0.6 is 11.6 Å². The third-order valence-corrected chi connectivity index (χ3v) is 7.68. The van der Waals surface area contributed by atoms with Gasteiger partial charge in [0, 0.05) is 61.2 Å². The lowest BCUT2D eigenvalue weighted by atomic mass is 9.91. The predicted molar refractivity (Wildman–Crippen MR) is 163 cm³/mol. The van der Waals surface area contributed by atoms with Crippen molar-refractivity contribution in [1.82, 2.24) is 30.2 Å². The number of fused-ring (bicyclic) bond motifs is 1. The zero-order valence-corrected chi connectivity index (χ0v) is 25.6. The molecule has 2 amide bonds. The van der Waals surface area contributed by atoms with Crippen LogP contribution in [-0.4, -0.2) is 82.0 Å². The van der Waals surface area contributed by atoms with Crippen LogP contribution in [0.15, 0.2) is 24.7 Å². The van der Waals surface area contributed by atoms with Crippen LogP contribution in [-0.2, 0) is 9.47 Å². The van der Waals surface area contributed by atoms with E-state index in [-0.39, 0.29) is 30.0 Å². The van der Waals surface area contributed by atoms with Crippen molar-refractivity contribution >= 4 is 34.5 Å². The molecule has 0 saturated heterocycles. The molecule has 0 aliphatic heterocycles. The molecule has 10 nitrogen and oxygen atoms in total. The fraction of sp³-hybridized carbons (Fsp3) is 0.600. The van der Waals surface area contributed by atoms with Gasteiger partial charge in [-0.1, -0.05) is 11.6 Å². The number of anilines is 1. The van der Waals surface area contributed by atoms with E-state index in [0.29, 0.717) is 61.5 Å².